The first-order valence-electron chi connectivity index (χ1n) is 6.45. The minimum atomic E-state index is -0.120. The second-order valence-corrected chi connectivity index (χ2v) is 5.50. The third-order valence-corrected chi connectivity index (χ3v) is 3.56. The fraction of sp³-hybridized carbons (Fsp3) is 0.0625. The van der Waals surface area contributed by atoms with E-state index in [1.807, 2.05) is 36.4 Å². The van der Waals surface area contributed by atoms with Crippen LogP contribution in [0.3, 0.4) is 0 Å². The quantitative estimate of drug-likeness (QED) is 0.735. The van der Waals surface area contributed by atoms with Crippen LogP contribution in [0.25, 0.3) is 11.3 Å². The van der Waals surface area contributed by atoms with E-state index in [9.17, 15) is 4.79 Å². The molecular weight excluding hydrogens is 330 g/mol. The van der Waals surface area contributed by atoms with E-state index < -0.39 is 0 Å². The van der Waals surface area contributed by atoms with Crippen molar-refractivity contribution in [1.29, 1.82) is 0 Å². The summed E-state index contributed by atoms with van der Waals surface area (Å²) in [6.45, 7) is 0.434. The molecule has 0 aliphatic heterocycles. The highest BCUT2D eigenvalue weighted by Crippen LogP contribution is 2.20. The molecule has 0 N–H and O–H groups in total. The van der Waals surface area contributed by atoms with Gasteiger partial charge in [0.2, 0.25) is 0 Å². The van der Waals surface area contributed by atoms with Crippen LogP contribution in [-0.2, 0) is 6.54 Å². The molecule has 21 heavy (non-hydrogen) atoms. The predicted octanol–water partition coefficient (Wildman–Crippen LogP) is 3.12. The minimum Gasteiger partial charge on any atom is -0.268 e. The van der Waals surface area contributed by atoms with Crippen molar-refractivity contribution in [3.8, 4) is 11.3 Å². The molecule has 5 heteroatoms. The van der Waals surface area contributed by atoms with Crippen LogP contribution < -0.4 is 5.56 Å². The van der Waals surface area contributed by atoms with Crippen molar-refractivity contribution >= 4 is 15.9 Å². The number of nitrogens with zero attached hydrogens (tertiary/aromatic N) is 3. The van der Waals surface area contributed by atoms with Gasteiger partial charge in [-0.2, -0.15) is 5.10 Å². The van der Waals surface area contributed by atoms with Crippen molar-refractivity contribution in [1.82, 2.24) is 14.8 Å². The Labute approximate surface area is 130 Å². The normalized spacial score (nSPS) is 10.5. The molecule has 4 nitrogen and oxygen atoms in total. The lowest BCUT2D eigenvalue weighted by Gasteiger charge is -2.07. The summed E-state index contributed by atoms with van der Waals surface area (Å²) < 4.78 is 2.44. The molecule has 1 aromatic carbocycles. The van der Waals surface area contributed by atoms with E-state index in [1.165, 1.54) is 4.68 Å². The molecule has 0 bridgehead atoms. The molecule has 0 saturated carbocycles. The first-order chi connectivity index (χ1) is 10.2. The fourth-order valence-electron chi connectivity index (χ4n) is 2.03. The summed E-state index contributed by atoms with van der Waals surface area (Å²) in [5.41, 5.74) is 2.61. The van der Waals surface area contributed by atoms with Gasteiger partial charge in [0, 0.05) is 28.5 Å². The molecule has 0 spiro atoms. The Morgan fingerprint density at radius 1 is 1.05 bits per heavy atom. The number of rotatable bonds is 3. The summed E-state index contributed by atoms with van der Waals surface area (Å²) in [6.07, 6.45) is 3.41. The van der Waals surface area contributed by atoms with Gasteiger partial charge >= 0.3 is 0 Å². The molecule has 0 saturated heterocycles. The second-order valence-electron chi connectivity index (χ2n) is 4.58. The van der Waals surface area contributed by atoms with Gasteiger partial charge in [-0.1, -0.05) is 28.1 Å². The Hall–Kier alpha value is -2.27. The summed E-state index contributed by atoms with van der Waals surface area (Å²) in [7, 11) is 0. The summed E-state index contributed by atoms with van der Waals surface area (Å²) in [4.78, 5) is 15.9. The molecular formula is C16H12BrN3O. The largest absolute Gasteiger partial charge is 0.268 e. The Morgan fingerprint density at radius 3 is 2.62 bits per heavy atom. The van der Waals surface area contributed by atoms with Crippen LogP contribution in [0, 0.1) is 0 Å². The molecule has 0 unspecified atom stereocenters. The monoisotopic (exact) mass is 341 g/mol. The highest BCUT2D eigenvalue weighted by Gasteiger charge is 2.04. The first kappa shape index (κ1) is 13.7. The first-order valence-corrected chi connectivity index (χ1v) is 7.25. The van der Waals surface area contributed by atoms with Crippen molar-refractivity contribution in [2.45, 2.75) is 6.54 Å². The van der Waals surface area contributed by atoms with Crippen LogP contribution in [0.2, 0.25) is 0 Å². The average Bonchev–Trinajstić information content (AvgIpc) is 2.50. The van der Waals surface area contributed by atoms with E-state index in [-0.39, 0.29) is 5.56 Å². The summed E-state index contributed by atoms with van der Waals surface area (Å²) >= 11 is 3.44. The van der Waals surface area contributed by atoms with Gasteiger partial charge in [-0.15, -0.1) is 0 Å². The van der Waals surface area contributed by atoms with E-state index in [1.54, 1.807) is 24.5 Å². The highest BCUT2D eigenvalue weighted by molar-refractivity contribution is 9.10. The van der Waals surface area contributed by atoms with Crippen molar-refractivity contribution in [2.24, 2.45) is 0 Å². The van der Waals surface area contributed by atoms with Gasteiger partial charge in [0.05, 0.1) is 12.2 Å². The molecule has 3 aromatic rings. The molecule has 0 aliphatic carbocycles. The summed E-state index contributed by atoms with van der Waals surface area (Å²) in [6, 6.07) is 14.9. The lowest BCUT2D eigenvalue weighted by Crippen LogP contribution is -2.22. The van der Waals surface area contributed by atoms with E-state index in [2.05, 4.69) is 26.0 Å². The predicted molar refractivity (Wildman–Crippen MR) is 85.0 cm³/mol. The van der Waals surface area contributed by atoms with Gasteiger partial charge < -0.3 is 0 Å². The maximum absolute atomic E-state index is 11.9. The van der Waals surface area contributed by atoms with Crippen LogP contribution >= 0.6 is 15.9 Å². The minimum absolute atomic E-state index is 0.120. The lowest BCUT2D eigenvalue weighted by molar-refractivity contribution is 0.642. The molecule has 0 radical (unpaired) electrons. The summed E-state index contributed by atoms with van der Waals surface area (Å²) in [5, 5.41) is 4.44. The van der Waals surface area contributed by atoms with Crippen LogP contribution in [0.4, 0.5) is 0 Å². The SMILES string of the molecule is O=c1ccc(-c2cccc(Br)c2)nn1Cc1ccncc1. The van der Waals surface area contributed by atoms with Crippen molar-refractivity contribution < 1.29 is 0 Å². The van der Waals surface area contributed by atoms with E-state index in [0.29, 0.717) is 6.54 Å². The van der Waals surface area contributed by atoms with E-state index >= 15 is 0 Å². The smallest absolute Gasteiger partial charge is 0.267 e. The van der Waals surface area contributed by atoms with Crippen LogP contribution in [-0.4, -0.2) is 14.8 Å². The van der Waals surface area contributed by atoms with Crippen LogP contribution in [0.1, 0.15) is 5.56 Å². The number of benzene rings is 1. The molecule has 3 rings (SSSR count). The third kappa shape index (κ3) is 3.25. The molecule has 0 atom stereocenters. The maximum atomic E-state index is 11.9. The van der Waals surface area contributed by atoms with E-state index in [4.69, 9.17) is 0 Å². The maximum Gasteiger partial charge on any atom is 0.267 e. The highest BCUT2D eigenvalue weighted by atomic mass is 79.9. The zero-order chi connectivity index (χ0) is 14.7. The van der Waals surface area contributed by atoms with Crippen LogP contribution in [0.15, 0.2) is 70.2 Å². The topological polar surface area (TPSA) is 47.8 Å². The van der Waals surface area contributed by atoms with Crippen molar-refractivity contribution in [3.63, 3.8) is 0 Å². The van der Waals surface area contributed by atoms with Gasteiger partial charge in [-0.3, -0.25) is 9.78 Å². The second kappa shape index (κ2) is 6.01. The van der Waals surface area contributed by atoms with Gasteiger partial charge in [0.25, 0.3) is 5.56 Å². The average molecular weight is 342 g/mol. The molecule has 2 aromatic heterocycles. The van der Waals surface area contributed by atoms with Crippen molar-refractivity contribution in [3.05, 3.63) is 81.3 Å². The third-order valence-electron chi connectivity index (χ3n) is 3.07. The Kier molecular flexibility index (Phi) is 3.92. The van der Waals surface area contributed by atoms with Gasteiger partial charge in [-0.25, -0.2) is 4.68 Å². The standard InChI is InChI=1S/C16H12BrN3O/c17-14-3-1-2-13(10-14)15-4-5-16(21)20(19-15)11-12-6-8-18-9-7-12/h1-10H,11H2. The van der Waals surface area contributed by atoms with Crippen LogP contribution in [0.5, 0.6) is 0 Å². The molecule has 2 heterocycles. The zero-order valence-electron chi connectivity index (χ0n) is 11.1. The summed E-state index contributed by atoms with van der Waals surface area (Å²) in [5.74, 6) is 0. The Morgan fingerprint density at radius 2 is 1.86 bits per heavy atom. The molecule has 0 aliphatic rings. The van der Waals surface area contributed by atoms with Crippen molar-refractivity contribution in [2.75, 3.05) is 0 Å². The molecule has 0 fully saturated rings. The lowest BCUT2D eigenvalue weighted by atomic mass is 10.1. The number of aromatic nitrogens is 3. The Bertz CT molecular complexity index is 815. The van der Waals surface area contributed by atoms with Gasteiger partial charge in [0.15, 0.2) is 0 Å². The number of hydrogen-bond acceptors (Lipinski definition) is 3. The number of pyridine rings is 1. The zero-order valence-corrected chi connectivity index (χ0v) is 12.7. The number of halogens is 1. The molecule has 104 valence electrons. The van der Waals surface area contributed by atoms with E-state index in [0.717, 1.165) is 21.3 Å². The number of hydrogen-bond donors (Lipinski definition) is 0. The molecule has 0 amide bonds. The van der Waals surface area contributed by atoms with Gasteiger partial charge in [-0.05, 0) is 35.9 Å². The Balaban J connectivity index is 1.99. The fourth-order valence-corrected chi connectivity index (χ4v) is 2.42. The van der Waals surface area contributed by atoms with Gasteiger partial charge in [0.1, 0.15) is 0 Å².